The van der Waals surface area contributed by atoms with E-state index in [4.69, 9.17) is 0 Å². The highest BCUT2D eigenvalue weighted by Crippen LogP contribution is 2.43. The molecule has 1 aromatic rings. The monoisotopic (exact) mass is 288 g/mol. The van der Waals surface area contributed by atoms with E-state index in [9.17, 15) is 32.1 Å². The van der Waals surface area contributed by atoms with Crippen LogP contribution in [0.1, 0.15) is 12.1 Å². The predicted molar refractivity (Wildman–Crippen MR) is 49.1 cm³/mol. The molecule has 0 spiro atoms. The number of methoxy groups -OCH3 is 1. The number of hydrogen-bond donors (Lipinski definition) is 0. The molecule has 0 unspecified atom stereocenters. The zero-order chi connectivity index (χ0) is 14.8. The number of nitrogens with zero attached hydrogens (tertiary/aromatic N) is 2. The summed E-state index contributed by atoms with van der Waals surface area (Å²) in [4.78, 5) is 12.2. The Hall–Kier alpha value is -2.20. The van der Waals surface area contributed by atoms with Gasteiger partial charge in [0.2, 0.25) is 5.75 Å². The number of ether oxygens (including phenoxy) is 2. The molecule has 0 aromatic carbocycles. The van der Waals surface area contributed by atoms with Crippen molar-refractivity contribution in [2.75, 3.05) is 7.11 Å². The molecule has 0 bridgehead atoms. The van der Waals surface area contributed by atoms with Gasteiger partial charge in [-0.1, -0.05) is 0 Å². The third-order valence-corrected chi connectivity index (χ3v) is 1.82. The molecule has 0 amide bonds. The molecule has 19 heavy (non-hydrogen) atoms. The van der Waals surface area contributed by atoms with Crippen LogP contribution in [0.3, 0.4) is 0 Å². The van der Waals surface area contributed by atoms with Crippen molar-refractivity contribution >= 4 is 5.69 Å². The maximum Gasteiger partial charge on any atom is 0.573 e. The SMILES string of the molecule is COc1c(OC(F)(F)F)cnc(C(F)F)c1[N+](=O)[O-]. The lowest BCUT2D eigenvalue weighted by Gasteiger charge is -2.13. The number of nitro groups is 1. The van der Waals surface area contributed by atoms with Gasteiger partial charge >= 0.3 is 12.0 Å². The van der Waals surface area contributed by atoms with Crippen molar-refractivity contribution in [3.05, 3.63) is 22.0 Å². The summed E-state index contributed by atoms with van der Waals surface area (Å²) < 4.78 is 68.8. The third kappa shape index (κ3) is 3.39. The van der Waals surface area contributed by atoms with Gasteiger partial charge in [0.05, 0.1) is 18.2 Å². The van der Waals surface area contributed by atoms with Gasteiger partial charge in [-0.2, -0.15) is 0 Å². The van der Waals surface area contributed by atoms with Crippen LogP contribution < -0.4 is 9.47 Å². The first-order valence-electron chi connectivity index (χ1n) is 4.42. The predicted octanol–water partition coefficient (Wildman–Crippen LogP) is 2.83. The fourth-order valence-electron chi connectivity index (χ4n) is 1.21. The topological polar surface area (TPSA) is 74.5 Å². The molecule has 1 aromatic heterocycles. The minimum absolute atomic E-state index is 0.279. The molecule has 0 fully saturated rings. The van der Waals surface area contributed by atoms with E-state index in [1.54, 1.807) is 0 Å². The van der Waals surface area contributed by atoms with Crippen LogP contribution in [0.5, 0.6) is 11.5 Å². The summed E-state index contributed by atoms with van der Waals surface area (Å²) in [6.45, 7) is 0. The molecule has 106 valence electrons. The fraction of sp³-hybridized carbons (Fsp3) is 0.375. The standard InChI is InChI=1S/C8H5F5N2O4/c1-18-6-3(19-8(11,12)13)2-14-4(7(9)10)5(6)15(16)17/h2,7H,1H3. The van der Waals surface area contributed by atoms with E-state index >= 15 is 0 Å². The molecule has 0 radical (unpaired) electrons. The van der Waals surface area contributed by atoms with E-state index in [1.165, 1.54) is 0 Å². The molecule has 1 rings (SSSR count). The number of alkyl halides is 5. The summed E-state index contributed by atoms with van der Waals surface area (Å²) in [7, 11) is 0.779. The van der Waals surface area contributed by atoms with Crippen LogP contribution in [0.25, 0.3) is 0 Å². The fourth-order valence-corrected chi connectivity index (χ4v) is 1.21. The molecule has 0 aliphatic heterocycles. The lowest BCUT2D eigenvalue weighted by molar-refractivity contribution is -0.387. The van der Waals surface area contributed by atoms with Gasteiger partial charge in [0.15, 0.2) is 11.4 Å². The Morgan fingerprint density at radius 3 is 2.37 bits per heavy atom. The maximum atomic E-state index is 12.5. The lowest BCUT2D eigenvalue weighted by atomic mass is 10.2. The number of pyridine rings is 1. The van der Waals surface area contributed by atoms with Crippen LogP contribution in [0, 0.1) is 10.1 Å². The molecule has 0 aliphatic rings. The summed E-state index contributed by atoms with van der Waals surface area (Å²) in [5.74, 6) is -2.25. The lowest BCUT2D eigenvalue weighted by Crippen LogP contribution is -2.18. The summed E-state index contributed by atoms with van der Waals surface area (Å²) in [6.07, 6.45) is -8.25. The molecule has 1 heterocycles. The van der Waals surface area contributed by atoms with E-state index in [0.717, 1.165) is 7.11 Å². The summed E-state index contributed by atoms with van der Waals surface area (Å²) in [6, 6.07) is 0. The number of halogens is 5. The first-order chi connectivity index (χ1) is 8.67. The highest BCUT2D eigenvalue weighted by atomic mass is 19.4. The summed E-state index contributed by atoms with van der Waals surface area (Å²) in [5.41, 5.74) is -2.68. The molecule has 0 atom stereocenters. The second kappa shape index (κ2) is 5.20. The molecule has 0 saturated carbocycles. The third-order valence-electron chi connectivity index (χ3n) is 1.82. The van der Waals surface area contributed by atoms with Crippen LogP contribution in [0.4, 0.5) is 27.6 Å². The van der Waals surface area contributed by atoms with Crippen LogP contribution in [0.2, 0.25) is 0 Å². The molecule has 0 N–H and O–H groups in total. The average molecular weight is 288 g/mol. The Morgan fingerprint density at radius 2 is 2.00 bits per heavy atom. The minimum atomic E-state index is -5.17. The van der Waals surface area contributed by atoms with Crippen molar-refractivity contribution in [3.63, 3.8) is 0 Å². The molecule has 0 saturated heterocycles. The minimum Gasteiger partial charge on any atom is -0.487 e. The summed E-state index contributed by atoms with van der Waals surface area (Å²) in [5, 5.41) is 10.6. The van der Waals surface area contributed by atoms with Gasteiger partial charge in [-0.05, 0) is 0 Å². The highest BCUT2D eigenvalue weighted by Gasteiger charge is 2.37. The van der Waals surface area contributed by atoms with Gasteiger partial charge in [-0.3, -0.25) is 10.1 Å². The van der Waals surface area contributed by atoms with Crippen molar-refractivity contribution in [3.8, 4) is 11.5 Å². The molecule has 11 heteroatoms. The zero-order valence-electron chi connectivity index (χ0n) is 9.07. The van der Waals surface area contributed by atoms with Crippen LogP contribution >= 0.6 is 0 Å². The van der Waals surface area contributed by atoms with Crippen LogP contribution in [0.15, 0.2) is 6.20 Å². The van der Waals surface area contributed by atoms with Crippen molar-refractivity contribution in [2.24, 2.45) is 0 Å². The maximum absolute atomic E-state index is 12.5. The first-order valence-corrected chi connectivity index (χ1v) is 4.42. The summed E-state index contributed by atoms with van der Waals surface area (Å²) >= 11 is 0. The zero-order valence-corrected chi connectivity index (χ0v) is 9.07. The second-order valence-electron chi connectivity index (χ2n) is 3.00. The largest absolute Gasteiger partial charge is 0.573 e. The second-order valence-corrected chi connectivity index (χ2v) is 3.00. The van der Waals surface area contributed by atoms with E-state index in [2.05, 4.69) is 14.5 Å². The van der Waals surface area contributed by atoms with E-state index in [-0.39, 0.29) is 6.20 Å². The number of rotatable bonds is 4. The smallest absolute Gasteiger partial charge is 0.487 e. The van der Waals surface area contributed by atoms with Gasteiger partial charge in [0, 0.05) is 0 Å². The van der Waals surface area contributed by atoms with E-state index in [1.807, 2.05) is 0 Å². The van der Waals surface area contributed by atoms with E-state index < -0.39 is 40.6 Å². The Bertz CT molecular complexity index is 491. The first kappa shape index (κ1) is 14.9. The van der Waals surface area contributed by atoms with Crippen molar-refractivity contribution in [1.82, 2.24) is 4.98 Å². The van der Waals surface area contributed by atoms with Crippen LogP contribution in [-0.4, -0.2) is 23.4 Å². The van der Waals surface area contributed by atoms with Gasteiger partial charge < -0.3 is 9.47 Å². The average Bonchev–Trinajstić information content (AvgIpc) is 2.25. The normalized spacial score (nSPS) is 11.5. The van der Waals surface area contributed by atoms with Gasteiger partial charge in [0.1, 0.15) is 0 Å². The molecular formula is C8H5F5N2O4. The number of aromatic nitrogens is 1. The highest BCUT2D eigenvalue weighted by molar-refractivity contribution is 5.57. The quantitative estimate of drug-likeness (QED) is 0.484. The van der Waals surface area contributed by atoms with Crippen LogP contribution in [-0.2, 0) is 0 Å². The van der Waals surface area contributed by atoms with E-state index in [0.29, 0.717) is 0 Å². The van der Waals surface area contributed by atoms with Crippen molar-refractivity contribution in [1.29, 1.82) is 0 Å². The van der Waals surface area contributed by atoms with Gasteiger partial charge in [-0.15, -0.1) is 13.2 Å². The van der Waals surface area contributed by atoms with Gasteiger partial charge in [-0.25, -0.2) is 13.8 Å². The Labute approximate surface area is 101 Å². The molecule has 0 aliphatic carbocycles. The van der Waals surface area contributed by atoms with Crippen molar-refractivity contribution < 1.29 is 36.3 Å². The Morgan fingerprint density at radius 1 is 1.42 bits per heavy atom. The molecule has 6 nitrogen and oxygen atoms in total. The van der Waals surface area contributed by atoms with Crippen molar-refractivity contribution in [2.45, 2.75) is 12.8 Å². The number of hydrogen-bond acceptors (Lipinski definition) is 5. The Balaban J connectivity index is 3.45. The molecular weight excluding hydrogens is 283 g/mol. The van der Waals surface area contributed by atoms with Gasteiger partial charge in [0.25, 0.3) is 6.43 Å². The Kier molecular flexibility index (Phi) is 4.07.